The molecule has 0 amide bonds. The molecule has 0 fully saturated rings. The van der Waals surface area contributed by atoms with Gasteiger partial charge >= 0.3 is 95.3 Å². The van der Waals surface area contributed by atoms with Gasteiger partial charge in [0.1, 0.15) is 0 Å². The van der Waals surface area contributed by atoms with Crippen LogP contribution in [0.15, 0.2) is 0 Å². The van der Waals surface area contributed by atoms with Gasteiger partial charge in [-0.3, -0.25) is 0 Å². The molecule has 2 N–H and O–H groups in total. The van der Waals surface area contributed by atoms with Crippen molar-refractivity contribution in [1.82, 2.24) is 0 Å². The molecule has 0 aromatic heterocycles. The molecule has 0 bridgehead atoms. The van der Waals surface area contributed by atoms with Crippen molar-refractivity contribution in [3.63, 3.8) is 0 Å². The molecule has 39 heteroatoms. The lowest BCUT2D eigenvalue weighted by Crippen LogP contribution is -2.74. The van der Waals surface area contributed by atoms with Crippen LogP contribution in [0, 0.1) is 0 Å². The minimum absolute atomic E-state index is 0.711. The van der Waals surface area contributed by atoms with Crippen LogP contribution < -0.4 is 0 Å². The van der Waals surface area contributed by atoms with Gasteiger partial charge in [-0.1, -0.05) is 0 Å². The minimum Gasteiger partial charge on any atom is -0.390 e. The second kappa shape index (κ2) is 18.9. The molecule has 0 saturated carbocycles. The smallest absolute Gasteiger partial charge is 0.390 e. The third kappa shape index (κ3) is 10.7. The number of rotatable bonds is 26. The monoisotopic (exact) mass is 1090 g/mol. The largest absolute Gasteiger partial charge is 0.460 e. The molecule has 404 valence electrons. The van der Waals surface area contributed by atoms with Crippen LogP contribution in [0.5, 0.6) is 0 Å². The summed E-state index contributed by atoms with van der Waals surface area (Å²) in [5, 5.41) is 18.9. The fraction of sp³-hybridized carbons (Fsp3) is 1.00. The van der Waals surface area contributed by atoms with Gasteiger partial charge in [0.05, 0.1) is 50.8 Å². The average molecular weight is 1090 g/mol. The molecule has 5 nitrogen and oxygen atoms in total. The summed E-state index contributed by atoms with van der Waals surface area (Å²) in [5.74, 6) is -118. The fourth-order valence-corrected chi connectivity index (χ4v) is 4.41. The zero-order chi connectivity index (χ0) is 54.7. The molecule has 0 aromatic rings. The van der Waals surface area contributed by atoms with E-state index in [1.807, 2.05) is 0 Å². The molecule has 4 unspecified atom stereocenters. The Morgan fingerprint density at radius 2 is 0.463 bits per heavy atom. The van der Waals surface area contributed by atoms with Crippen molar-refractivity contribution in [2.45, 2.75) is 146 Å². The van der Waals surface area contributed by atoms with Gasteiger partial charge < -0.3 is 24.4 Å². The highest BCUT2D eigenvalue weighted by Gasteiger charge is 2.97. The summed E-state index contributed by atoms with van der Waals surface area (Å²) >= 11 is 0. The molecule has 0 aliphatic rings. The van der Waals surface area contributed by atoms with E-state index in [1.54, 1.807) is 0 Å². The Morgan fingerprint density at radius 3 is 0.657 bits per heavy atom. The van der Waals surface area contributed by atoms with E-state index < -0.39 is 159 Å². The first-order valence-corrected chi connectivity index (χ1v) is 16.4. The fourth-order valence-electron chi connectivity index (χ4n) is 4.41. The van der Waals surface area contributed by atoms with Gasteiger partial charge in [-0.2, -0.15) is 149 Å². The van der Waals surface area contributed by atoms with Gasteiger partial charge in [-0.25, -0.2) is 0 Å². The van der Waals surface area contributed by atoms with Crippen molar-refractivity contribution in [2.75, 3.05) is 26.4 Å². The van der Waals surface area contributed by atoms with E-state index in [-0.39, 0.29) is 0 Å². The van der Waals surface area contributed by atoms with Crippen molar-refractivity contribution in [3.05, 3.63) is 0 Å². The van der Waals surface area contributed by atoms with E-state index in [0.717, 1.165) is 0 Å². The lowest BCUT2D eigenvalue weighted by atomic mass is 9.88. The highest BCUT2D eigenvalue weighted by Crippen LogP contribution is 2.66. The molecule has 0 radical (unpaired) electrons. The number of aliphatic hydroxyl groups is 2. The summed E-state index contributed by atoms with van der Waals surface area (Å²) in [5.41, 5.74) is 0. The third-order valence-electron chi connectivity index (χ3n) is 8.41. The number of ether oxygens (including phenoxy) is 3. The average Bonchev–Trinajstić information content (AvgIpc) is 3.10. The van der Waals surface area contributed by atoms with E-state index in [0.29, 0.717) is 13.8 Å². The van der Waals surface area contributed by atoms with E-state index in [9.17, 15) is 159 Å². The number of hydrogen-bond donors (Lipinski definition) is 2. The SMILES string of the molecule is CC(COCC(C)OCC(O)CC(F)(F)C(F)(F)C(F)(F)C(F)(F)C(F)(F)C(F)(F)C(F)(F)C(F)(F)F)OCC(O)CC(F)(F)C(F)(F)C(F)(F)C(F)(F)C(F)(F)C(F)(F)C(F)(F)C(F)(F)F. The molecule has 4 atom stereocenters. The normalized spacial score (nSPS) is 18.0. The summed E-state index contributed by atoms with van der Waals surface area (Å²) < 4.78 is 469. The number of halogens is 34. The summed E-state index contributed by atoms with van der Waals surface area (Å²) in [4.78, 5) is 0. The van der Waals surface area contributed by atoms with Crippen LogP contribution >= 0.6 is 0 Å². The molecule has 0 aromatic carbocycles. The van der Waals surface area contributed by atoms with Gasteiger partial charge in [0.15, 0.2) is 0 Å². The first kappa shape index (κ1) is 64.4. The van der Waals surface area contributed by atoms with Crippen molar-refractivity contribution < 1.29 is 174 Å². The van der Waals surface area contributed by atoms with Crippen LogP contribution in [0.2, 0.25) is 0 Å². The van der Waals surface area contributed by atoms with E-state index in [2.05, 4.69) is 14.2 Å². The van der Waals surface area contributed by atoms with Crippen molar-refractivity contribution >= 4 is 0 Å². The molecular formula is C28H24F34O5. The topological polar surface area (TPSA) is 68.2 Å². The predicted octanol–water partition coefficient (Wildman–Crippen LogP) is 11.3. The molecule has 67 heavy (non-hydrogen) atoms. The Balaban J connectivity index is 5.64. The zero-order valence-corrected chi connectivity index (χ0v) is 31.5. The van der Waals surface area contributed by atoms with E-state index in [1.165, 1.54) is 0 Å². The van der Waals surface area contributed by atoms with Gasteiger partial charge in [0.2, 0.25) is 0 Å². The summed E-state index contributed by atoms with van der Waals surface area (Å²) in [7, 11) is 0. The zero-order valence-electron chi connectivity index (χ0n) is 31.5. The predicted molar refractivity (Wildman–Crippen MR) is 144 cm³/mol. The number of aliphatic hydroxyl groups excluding tert-OH is 2. The highest BCUT2D eigenvalue weighted by atomic mass is 19.4. The van der Waals surface area contributed by atoms with Crippen molar-refractivity contribution in [2.24, 2.45) is 0 Å². The molecule has 0 aliphatic carbocycles. The third-order valence-corrected chi connectivity index (χ3v) is 8.41. The van der Waals surface area contributed by atoms with Gasteiger partial charge in [-0.15, -0.1) is 0 Å². The Labute approximate surface area is 347 Å². The molecule has 0 heterocycles. The molecule has 0 spiro atoms. The molecule has 0 saturated heterocycles. The maximum Gasteiger partial charge on any atom is 0.460 e. The Hall–Kier alpha value is -2.58. The lowest BCUT2D eigenvalue weighted by molar-refractivity contribution is -0.462. The van der Waals surface area contributed by atoms with Gasteiger partial charge in [-0.05, 0) is 13.8 Å². The quantitative estimate of drug-likeness (QED) is 0.0845. The first-order chi connectivity index (χ1) is 28.8. The van der Waals surface area contributed by atoms with Gasteiger partial charge in [0, 0.05) is 12.8 Å². The Morgan fingerprint density at radius 1 is 0.284 bits per heavy atom. The Bertz CT molecular complexity index is 1500. The van der Waals surface area contributed by atoms with Crippen LogP contribution in [0.3, 0.4) is 0 Å². The maximum atomic E-state index is 14.1. The molecule has 0 aliphatic heterocycles. The second-order valence-electron chi connectivity index (χ2n) is 13.8. The van der Waals surface area contributed by atoms with E-state index in [4.69, 9.17) is 0 Å². The van der Waals surface area contributed by atoms with Crippen LogP contribution in [0.1, 0.15) is 26.7 Å². The summed E-state index contributed by atoms with van der Waals surface area (Å²) in [6.07, 6.45) is -32.8. The summed E-state index contributed by atoms with van der Waals surface area (Å²) in [6.45, 7) is -4.40. The minimum atomic E-state index is -8.92. The van der Waals surface area contributed by atoms with Crippen LogP contribution in [-0.4, -0.2) is 156 Å². The highest BCUT2D eigenvalue weighted by molar-refractivity contribution is 5.16. The van der Waals surface area contributed by atoms with Crippen molar-refractivity contribution in [3.8, 4) is 0 Å². The van der Waals surface area contributed by atoms with Crippen LogP contribution in [0.25, 0.3) is 0 Å². The lowest BCUT2D eigenvalue weighted by Gasteiger charge is -2.43. The first-order valence-electron chi connectivity index (χ1n) is 16.4. The van der Waals surface area contributed by atoms with Crippen molar-refractivity contribution in [1.29, 1.82) is 0 Å². The van der Waals surface area contributed by atoms with E-state index >= 15 is 0 Å². The molecule has 0 rings (SSSR count). The maximum absolute atomic E-state index is 14.1. The van der Waals surface area contributed by atoms with Crippen LogP contribution in [0.4, 0.5) is 149 Å². The van der Waals surface area contributed by atoms with Crippen LogP contribution in [-0.2, 0) is 14.2 Å². The second-order valence-corrected chi connectivity index (χ2v) is 13.8. The number of hydrogen-bond acceptors (Lipinski definition) is 5. The Kier molecular flexibility index (Phi) is 18.1. The van der Waals surface area contributed by atoms with Gasteiger partial charge in [0.25, 0.3) is 0 Å². The molecular weight excluding hydrogens is 1060 g/mol. The summed E-state index contributed by atoms with van der Waals surface area (Å²) in [6, 6.07) is 0. The standard InChI is InChI=1S/C28H24F34O5/c1-9(66-7-11(63)3-13(29,30)15(33,34)17(37,38)19(41,42)21(45,46)23(49,50)25(53,54)27(57,58)59)5-65-6-10(2)67-8-12(64)4-14(31,32)16(35,36)18(39,40)20(43,44)22(47,48)24(51,52)26(55,56)28(60,61)62/h9-12,63-64H,3-8H2,1-2H3. The number of alkyl halides is 34.